The van der Waals surface area contributed by atoms with Crippen molar-refractivity contribution in [2.45, 2.75) is 18.8 Å². The van der Waals surface area contributed by atoms with E-state index in [2.05, 4.69) is 9.97 Å². The van der Waals surface area contributed by atoms with Crippen LogP contribution in [0.25, 0.3) is 5.82 Å². The van der Waals surface area contributed by atoms with Gasteiger partial charge in [0, 0.05) is 31.7 Å². The average Bonchev–Trinajstić information content (AvgIpc) is 3.23. The number of hydrogen-bond donors (Lipinski definition) is 1. The number of aromatic hydroxyl groups is 1. The summed E-state index contributed by atoms with van der Waals surface area (Å²) in [6.07, 6.45) is 8.67. The molecule has 1 N–H and O–H groups in total. The molecule has 6 heteroatoms. The first-order valence-corrected chi connectivity index (χ1v) is 8.73. The zero-order valence-corrected chi connectivity index (χ0v) is 14.3. The van der Waals surface area contributed by atoms with Crippen molar-refractivity contribution in [2.24, 2.45) is 0 Å². The van der Waals surface area contributed by atoms with Crippen molar-refractivity contribution in [2.75, 3.05) is 13.1 Å². The molecule has 4 rings (SSSR count). The van der Waals surface area contributed by atoms with Crippen LogP contribution in [0.1, 0.15) is 34.7 Å². The van der Waals surface area contributed by atoms with Gasteiger partial charge in [-0.25, -0.2) is 9.97 Å². The molecule has 26 heavy (non-hydrogen) atoms. The van der Waals surface area contributed by atoms with Crippen LogP contribution in [0.4, 0.5) is 0 Å². The predicted octanol–water partition coefficient (Wildman–Crippen LogP) is 2.99. The van der Waals surface area contributed by atoms with Crippen molar-refractivity contribution < 1.29 is 9.90 Å². The van der Waals surface area contributed by atoms with Crippen LogP contribution in [-0.4, -0.2) is 43.5 Å². The van der Waals surface area contributed by atoms with E-state index in [4.69, 9.17) is 0 Å². The fourth-order valence-corrected chi connectivity index (χ4v) is 3.40. The smallest absolute Gasteiger partial charge is 0.255 e. The number of carbonyl (C=O) groups excluding carboxylic acids is 1. The molecule has 0 saturated carbocycles. The molecule has 0 unspecified atom stereocenters. The second-order valence-electron chi connectivity index (χ2n) is 6.53. The van der Waals surface area contributed by atoms with Crippen LogP contribution in [0.15, 0.2) is 61.3 Å². The molecular weight excluding hydrogens is 328 g/mol. The molecule has 0 aliphatic carbocycles. The van der Waals surface area contributed by atoms with Crippen LogP contribution in [0.3, 0.4) is 0 Å². The molecule has 1 aliphatic rings. The first-order valence-electron chi connectivity index (χ1n) is 8.73. The lowest BCUT2D eigenvalue weighted by molar-refractivity contribution is 0.0712. The summed E-state index contributed by atoms with van der Waals surface area (Å²) in [6.45, 7) is 1.46. The molecule has 6 nitrogen and oxygen atoms in total. The maximum absolute atomic E-state index is 12.7. The van der Waals surface area contributed by atoms with Crippen LogP contribution in [0, 0.1) is 0 Å². The number of likely N-dealkylation sites (tertiary alicyclic amines) is 1. The van der Waals surface area contributed by atoms with Gasteiger partial charge in [-0.05, 0) is 48.6 Å². The number of aromatic nitrogens is 3. The van der Waals surface area contributed by atoms with Gasteiger partial charge in [0.25, 0.3) is 5.91 Å². The Balaban J connectivity index is 1.39. The Morgan fingerprint density at radius 3 is 2.46 bits per heavy atom. The van der Waals surface area contributed by atoms with Gasteiger partial charge < -0.3 is 10.0 Å². The number of pyridine rings is 1. The van der Waals surface area contributed by atoms with E-state index >= 15 is 0 Å². The predicted molar refractivity (Wildman–Crippen MR) is 97.3 cm³/mol. The molecule has 3 heterocycles. The van der Waals surface area contributed by atoms with Crippen LogP contribution in [0.2, 0.25) is 0 Å². The van der Waals surface area contributed by atoms with Crippen LogP contribution in [0.5, 0.6) is 5.75 Å². The number of rotatable bonds is 3. The molecule has 0 radical (unpaired) electrons. The molecule has 3 aromatic rings. The molecular formula is C20H20N4O2. The average molecular weight is 348 g/mol. The van der Waals surface area contributed by atoms with Crippen molar-refractivity contribution in [3.63, 3.8) is 0 Å². The minimum absolute atomic E-state index is 0.0267. The Morgan fingerprint density at radius 2 is 1.85 bits per heavy atom. The highest BCUT2D eigenvalue weighted by molar-refractivity contribution is 5.94. The summed E-state index contributed by atoms with van der Waals surface area (Å²) in [7, 11) is 0. The lowest BCUT2D eigenvalue weighted by atomic mass is 9.89. The fraction of sp³-hybridized carbons (Fsp3) is 0.250. The SMILES string of the molecule is O=C(c1ccc(-n2ccnc2)nc1)N1CCC(c2ccc(O)cc2)CC1. The molecule has 1 fully saturated rings. The first kappa shape index (κ1) is 16.3. The fourth-order valence-electron chi connectivity index (χ4n) is 3.40. The van der Waals surface area contributed by atoms with E-state index in [-0.39, 0.29) is 11.7 Å². The Bertz CT molecular complexity index is 865. The van der Waals surface area contributed by atoms with Crippen LogP contribution >= 0.6 is 0 Å². The molecule has 1 amide bonds. The van der Waals surface area contributed by atoms with E-state index in [9.17, 15) is 9.90 Å². The molecule has 1 aromatic carbocycles. The number of imidazole rings is 1. The lowest BCUT2D eigenvalue weighted by Crippen LogP contribution is -2.38. The standard InChI is InChI=1S/C20H20N4O2/c25-18-4-1-15(2-5-18)16-7-10-23(11-8-16)20(26)17-3-6-19(22-13-17)24-12-9-21-14-24/h1-6,9,12-14,16,25H,7-8,10-11H2. The van der Waals surface area contributed by atoms with E-state index < -0.39 is 0 Å². The molecule has 0 spiro atoms. The van der Waals surface area contributed by atoms with Crippen molar-refractivity contribution in [1.29, 1.82) is 0 Å². The van der Waals surface area contributed by atoms with Gasteiger partial charge in [-0.15, -0.1) is 0 Å². The third-order valence-corrected chi connectivity index (χ3v) is 4.91. The molecule has 0 bridgehead atoms. The number of phenols is 1. The molecule has 1 saturated heterocycles. The largest absolute Gasteiger partial charge is 0.508 e. The number of piperidine rings is 1. The summed E-state index contributed by atoms with van der Waals surface area (Å²) in [5.74, 6) is 1.48. The van der Waals surface area contributed by atoms with Gasteiger partial charge in [-0.3, -0.25) is 9.36 Å². The highest BCUT2D eigenvalue weighted by atomic mass is 16.3. The van der Waals surface area contributed by atoms with Gasteiger partial charge >= 0.3 is 0 Å². The van der Waals surface area contributed by atoms with Crippen LogP contribution in [-0.2, 0) is 0 Å². The summed E-state index contributed by atoms with van der Waals surface area (Å²) in [5.41, 5.74) is 1.83. The van der Waals surface area contributed by atoms with Gasteiger partial charge in [0.15, 0.2) is 0 Å². The summed E-state index contributed by atoms with van der Waals surface area (Å²) in [4.78, 5) is 23.0. The van der Waals surface area contributed by atoms with Crippen molar-refractivity contribution in [1.82, 2.24) is 19.4 Å². The highest BCUT2D eigenvalue weighted by Gasteiger charge is 2.24. The zero-order valence-electron chi connectivity index (χ0n) is 14.3. The third-order valence-electron chi connectivity index (χ3n) is 4.91. The number of phenolic OH excluding ortho intramolecular Hbond substituents is 1. The Morgan fingerprint density at radius 1 is 1.08 bits per heavy atom. The monoisotopic (exact) mass is 348 g/mol. The summed E-state index contributed by atoms with van der Waals surface area (Å²) < 4.78 is 1.80. The summed E-state index contributed by atoms with van der Waals surface area (Å²) in [5, 5.41) is 9.41. The van der Waals surface area contributed by atoms with Crippen molar-refractivity contribution in [3.05, 3.63) is 72.4 Å². The number of hydrogen-bond acceptors (Lipinski definition) is 4. The molecule has 2 aromatic heterocycles. The van der Waals surface area contributed by atoms with E-state index in [1.807, 2.05) is 35.4 Å². The van der Waals surface area contributed by atoms with Gasteiger partial charge in [0.05, 0.1) is 5.56 Å². The molecule has 0 atom stereocenters. The van der Waals surface area contributed by atoms with Gasteiger partial charge in [-0.2, -0.15) is 0 Å². The van der Waals surface area contributed by atoms with Crippen LogP contribution < -0.4 is 0 Å². The number of benzene rings is 1. The maximum Gasteiger partial charge on any atom is 0.255 e. The highest BCUT2D eigenvalue weighted by Crippen LogP contribution is 2.29. The summed E-state index contributed by atoms with van der Waals surface area (Å²) >= 11 is 0. The Hall–Kier alpha value is -3.15. The second-order valence-corrected chi connectivity index (χ2v) is 6.53. The molecule has 132 valence electrons. The topological polar surface area (TPSA) is 71.2 Å². The third kappa shape index (κ3) is 3.31. The van der Waals surface area contributed by atoms with Gasteiger partial charge in [0.1, 0.15) is 17.9 Å². The lowest BCUT2D eigenvalue weighted by Gasteiger charge is -2.32. The van der Waals surface area contributed by atoms with E-state index in [0.29, 0.717) is 11.5 Å². The minimum Gasteiger partial charge on any atom is -0.508 e. The zero-order chi connectivity index (χ0) is 17.9. The first-order chi connectivity index (χ1) is 12.7. The number of amides is 1. The molecule has 1 aliphatic heterocycles. The normalized spacial score (nSPS) is 15.2. The summed E-state index contributed by atoms with van der Waals surface area (Å²) in [6, 6.07) is 11.0. The quantitative estimate of drug-likeness (QED) is 0.790. The number of nitrogens with zero attached hydrogens (tertiary/aromatic N) is 4. The van der Waals surface area contributed by atoms with Gasteiger partial charge in [-0.1, -0.05) is 12.1 Å². The maximum atomic E-state index is 12.7. The Kier molecular flexibility index (Phi) is 4.39. The van der Waals surface area contributed by atoms with E-state index in [0.717, 1.165) is 31.7 Å². The van der Waals surface area contributed by atoms with Crippen molar-refractivity contribution in [3.8, 4) is 11.6 Å². The van der Waals surface area contributed by atoms with Crippen molar-refractivity contribution >= 4 is 5.91 Å². The Labute approximate surface area is 151 Å². The minimum atomic E-state index is 0.0267. The van der Waals surface area contributed by atoms with E-state index in [1.54, 1.807) is 35.4 Å². The second kappa shape index (κ2) is 7.00. The number of carbonyl (C=O) groups is 1. The van der Waals surface area contributed by atoms with E-state index in [1.165, 1.54) is 5.56 Å². The van der Waals surface area contributed by atoms with Gasteiger partial charge in [0.2, 0.25) is 0 Å².